The van der Waals surface area contributed by atoms with Gasteiger partial charge in [-0.15, -0.1) is 0 Å². The van der Waals surface area contributed by atoms with E-state index in [4.69, 9.17) is 16.3 Å². The fourth-order valence-electron chi connectivity index (χ4n) is 3.08. The van der Waals surface area contributed by atoms with Gasteiger partial charge in [0.1, 0.15) is 5.75 Å². The van der Waals surface area contributed by atoms with Crippen molar-refractivity contribution in [1.29, 1.82) is 0 Å². The molecule has 1 saturated heterocycles. The minimum absolute atomic E-state index is 0.0538. The molecule has 1 N–H and O–H groups in total. The number of rotatable bonds is 3. The molecule has 0 radical (unpaired) electrons. The average Bonchev–Trinajstić information content (AvgIpc) is 2.89. The van der Waals surface area contributed by atoms with Crippen molar-refractivity contribution >= 4 is 23.4 Å². The Balaban J connectivity index is 1.71. The van der Waals surface area contributed by atoms with Crippen LogP contribution in [0.2, 0.25) is 5.02 Å². The summed E-state index contributed by atoms with van der Waals surface area (Å²) in [6, 6.07) is 5.44. The summed E-state index contributed by atoms with van der Waals surface area (Å²) in [4.78, 5) is 25.9. The van der Waals surface area contributed by atoms with Gasteiger partial charge in [0.2, 0.25) is 11.8 Å². The van der Waals surface area contributed by atoms with E-state index in [1.54, 1.807) is 11.0 Å². The molecule has 1 aromatic rings. The third-order valence-electron chi connectivity index (χ3n) is 4.31. The van der Waals surface area contributed by atoms with E-state index in [2.05, 4.69) is 5.32 Å². The Morgan fingerprint density at radius 2 is 2.32 bits per heavy atom. The summed E-state index contributed by atoms with van der Waals surface area (Å²) in [6.07, 6.45) is 1.00. The van der Waals surface area contributed by atoms with Crippen molar-refractivity contribution in [3.8, 4) is 5.75 Å². The van der Waals surface area contributed by atoms with Crippen molar-refractivity contribution in [3.05, 3.63) is 28.8 Å². The first-order chi connectivity index (χ1) is 10.6. The van der Waals surface area contributed by atoms with Crippen LogP contribution in [0.1, 0.15) is 31.4 Å². The SMILES string of the molecule is CCN1CC(C(=O)NC2CCOc3c(Cl)cccc32)CC1=O. The maximum absolute atomic E-state index is 12.5. The molecular formula is C16H19ClN2O3. The van der Waals surface area contributed by atoms with Crippen molar-refractivity contribution in [1.82, 2.24) is 10.2 Å². The smallest absolute Gasteiger partial charge is 0.225 e. The van der Waals surface area contributed by atoms with E-state index >= 15 is 0 Å². The zero-order valence-electron chi connectivity index (χ0n) is 12.5. The molecule has 2 aliphatic heterocycles. The van der Waals surface area contributed by atoms with Crippen molar-refractivity contribution in [2.75, 3.05) is 19.7 Å². The fourth-order valence-corrected chi connectivity index (χ4v) is 3.32. The second-order valence-corrected chi connectivity index (χ2v) is 6.10. The number of hydrogen-bond donors (Lipinski definition) is 1. The van der Waals surface area contributed by atoms with E-state index in [0.29, 0.717) is 43.3 Å². The number of carbonyl (C=O) groups is 2. The summed E-state index contributed by atoms with van der Waals surface area (Å²) < 4.78 is 5.60. The zero-order valence-corrected chi connectivity index (χ0v) is 13.2. The average molecular weight is 323 g/mol. The number of para-hydroxylation sites is 1. The van der Waals surface area contributed by atoms with Gasteiger partial charge in [-0.3, -0.25) is 9.59 Å². The molecule has 3 rings (SSSR count). The zero-order chi connectivity index (χ0) is 15.7. The third kappa shape index (κ3) is 2.77. The Kier molecular flexibility index (Phi) is 4.25. The highest BCUT2D eigenvalue weighted by Crippen LogP contribution is 2.37. The number of amides is 2. The van der Waals surface area contributed by atoms with Gasteiger partial charge in [0, 0.05) is 31.5 Å². The molecule has 5 nitrogen and oxygen atoms in total. The Hall–Kier alpha value is -1.75. The van der Waals surface area contributed by atoms with Gasteiger partial charge in [0.25, 0.3) is 0 Å². The van der Waals surface area contributed by atoms with Crippen molar-refractivity contribution in [2.24, 2.45) is 5.92 Å². The van der Waals surface area contributed by atoms with Crippen LogP contribution in [0.3, 0.4) is 0 Å². The number of nitrogens with one attached hydrogen (secondary N) is 1. The molecule has 0 aromatic heterocycles. The molecule has 0 spiro atoms. The molecule has 0 bridgehead atoms. The van der Waals surface area contributed by atoms with Crippen LogP contribution >= 0.6 is 11.6 Å². The minimum atomic E-state index is -0.266. The number of hydrogen-bond acceptors (Lipinski definition) is 3. The Bertz CT molecular complexity index is 605. The number of carbonyl (C=O) groups excluding carboxylic acids is 2. The Morgan fingerprint density at radius 1 is 1.50 bits per heavy atom. The lowest BCUT2D eigenvalue weighted by Gasteiger charge is -2.28. The lowest BCUT2D eigenvalue weighted by molar-refractivity contribution is -0.129. The number of nitrogens with zero attached hydrogens (tertiary/aromatic N) is 1. The highest BCUT2D eigenvalue weighted by molar-refractivity contribution is 6.32. The topological polar surface area (TPSA) is 58.6 Å². The Morgan fingerprint density at radius 3 is 3.05 bits per heavy atom. The van der Waals surface area contributed by atoms with Crippen molar-refractivity contribution < 1.29 is 14.3 Å². The first-order valence-electron chi connectivity index (χ1n) is 7.59. The molecule has 6 heteroatoms. The van der Waals surface area contributed by atoms with Gasteiger partial charge in [0.15, 0.2) is 0 Å². The van der Waals surface area contributed by atoms with Crippen LogP contribution in [0.15, 0.2) is 18.2 Å². The highest BCUT2D eigenvalue weighted by atomic mass is 35.5. The molecule has 2 amide bonds. The van der Waals surface area contributed by atoms with Gasteiger partial charge in [-0.2, -0.15) is 0 Å². The van der Waals surface area contributed by atoms with Crippen LogP contribution in [0.4, 0.5) is 0 Å². The molecule has 2 unspecified atom stereocenters. The number of benzene rings is 1. The van der Waals surface area contributed by atoms with E-state index < -0.39 is 0 Å². The van der Waals surface area contributed by atoms with Crippen molar-refractivity contribution in [2.45, 2.75) is 25.8 Å². The largest absolute Gasteiger partial charge is 0.492 e. The first kappa shape index (κ1) is 15.2. The summed E-state index contributed by atoms with van der Waals surface area (Å²) in [5, 5.41) is 3.61. The first-order valence-corrected chi connectivity index (χ1v) is 7.97. The maximum atomic E-state index is 12.5. The van der Waals surface area contributed by atoms with Gasteiger partial charge in [-0.05, 0) is 13.0 Å². The standard InChI is InChI=1S/C16H19ClN2O3/c1-2-19-9-10(8-14(19)20)16(21)18-13-6-7-22-15-11(13)4-3-5-12(15)17/h3-5,10,13H,2,6-9H2,1H3,(H,18,21). The lowest BCUT2D eigenvalue weighted by atomic mass is 9.99. The van der Waals surface area contributed by atoms with Gasteiger partial charge in [0.05, 0.1) is 23.6 Å². The second kappa shape index (κ2) is 6.16. The predicted molar refractivity (Wildman–Crippen MR) is 82.8 cm³/mol. The summed E-state index contributed by atoms with van der Waals surface area (Å²) in [5.41, 5.74) is 0.906. The fraction of sp³-hybridized carbons (Fsp3) is 0.500. The third-order valence-corrected chi connectivity index (χ3v) is 4.61. The van der Waals surface area contributed by atoms with Crippen molar-refractivity contribution in [3.63, 3.8) is 0 Å². The van der Waals surface area contributed by atoms with E-state index in [1.807, 2.05) is 19.1 Å². The van der Waals surface area contributed by atoms with Crippen LogP contribution in [-0.4, -0.2) is 36.4 Å². The number of ether oxygens (including phenoxy) is 1. The molecular weight excluding hydrogens is 304 g/mol. The molecule has 118 valence electrons. The van der Waals surface area contributed by atoms with Crippen LogP contribution < -0.4 is 10.1 Å². The predicted octanol–water partition coefficient (Wildman–Crippen LogP) is 2.15. The monoisotopic (exact) mass is 322 g/mol. The number of likely N-dealkylation sites (tertiary alicyclic amines) is 1. The summed E-state index contributed by atoms with van der Waals surface area (Å²) >= 11 is 6.14. The summed E-state index contributed by atoms with van der Waals surface area (Å²) in [5.74, 6) is 0.372. The summed E-state index contributed by atoms with van der Waals surface area (Å²) in [7, 11) is 0. The molecule has 0 aliphatic carbocycles. The molecule has 1 aromatic carbocycles. The maximum Gasteiger partial charge on any atom is 0.225 e. The van der Waals surface area contributed by atoms with Gasteiger partial charge in [-0.1, -0.05) is 23.7 Å². The number of fused-ring (bicyclic) bond motifs is 1. The molecule has 1 fully saturated rings. The minimum Gasteiger partial charge on any atom is -0.492 e. The molecule has 2 atom stereocenters. The van der Waals surface area contributed by atoms with E-state index in [9.17, 15) is 9.59 Å². The van der Waals surface area contributed by atoms with Gasteiger partial charge >= 0.3 is 0 Å². The normalized spacial score (nSPS) is 23.9. The van der Waals surface area contributed by atoms with Crippen LogP contribution in [0.25, 0.3) is 0 Å². The number of halogens is 1. The van der Waals surface area contributed by atoms with E-state index in [1.165, 1.54) is 0 Å². The highest BCUT2D eigenvalue weighted by Gasteiger charge is 2.35. The van der Waals surface area contributed by atoms with Crippen LogP contribution in [0, 0.1) is 5.92 Å². The lowest BCUT2D eigenvalue weighted by Crippen LogP contribution is -2.37. The molecule has 22 heavy (non-hydrogen) atoms. The molecule has 2 aliphatic rings. The summed E-state index contributed by atoms with van der Waals surface area (Å²) in [6.45, 7) is 3.60. The van der Waals surface area contributed by atoms with Crippen LogP contribution in [-0.2, 0) is 9.59 Å². The van der Waals surface area contributed by atoms with Gasteiger partial charge < -0.3 is 15.0 Å². The quantitative estimate of drug-likeness (QED) is 0.927. The van der Waals surface area contributed by atoms with Gasteiger partial charge in [-0.25, -0.2) is 0 Å². The second-order valence-electron chi connectivity index (χ2n) is 5.69. The Labute approximate surface area is 134 Å². The van der Waals surface area contributed by atoms with E-state index in [0.717, 1.165) is 5.56 Å². The van der Waals surface area contributed by atoms with Crippen LogP contribution in [0.5, 0.6) is 5.75 Å². The molecule has 2 heterocycles. The molecule has 0 saturated carbocycles. The van der Waals surface area contributed by atoms with E-state index in [-0.39, 0.29) is 23.8 Å².